The maximum Gasteiger partial charge on any atom is 0.252 e. The molecule has 0 saturated heterocycles. The van der Waals surface area contributed by atoms with Gasteiger partial charge >= 0.3 is 0 Å². The van der Waals surface area contributed by atoms with Gasteiger partial charge in [-0.15, -0.1) is 11.3 Å². The van der Waals surface area contributed by atoms with Crippen LogP contribution in [0.5, 0.6) is 0 Å². The maximum atomic E-state index is 14.8. The number of carbonyl (C=O) groups excluding carboxylic acids is 1. The molecular weight excluding hydrogens is 429 g/mol. The maximum absolute atomic E-state index is 14.8. The first-order valence-corrected chi connectivity index (χ1v) is 11.0. The molecule has 4 rings (SSSR count). The van der Waals surface area contributed by atoms with E-state index < -0.39 is 11.7 Å². The first kappa shape index (κ1) is 21.7. The van der Waals surface area contributed by atoms with Gasteiger partial charge in [0.25, 0.3) is 5.91 Å². The highest BCUT2D eigenvalue weighted by molar-refractivity contribution is 7.10. The molecule has 1 aromatic carbocycles. The van der Waals surface area contributed by atoms with Crippen LogP contribution in [0.4, 0.5) is 21.7 Å². The van der Waals surface area contributed by atoms with Crippen molar-refractivity contribution in [3.63, 3.8) is 0 Å². The Kier molecular flexibility index (Phi) is 6.06. The summed E-state index contributed by atoms with van der Waals surface area (Å²) in [7, 11) is 0. The zero-order valence-electron chi connectivity index (χ0n) is 17.7. The number of nitrogens with zero attached hydrogens (tertiary/aromatic N) is 3. The fourth-order valence-electron chi connectivity index (χ4n) is 3.50. The Labute approximate surface area is 188 Å². The molecule has 10 heteroatoms. The number of carbonyl (C=O) groups is 1. The lowest BCUT2D eigenvalue weighted by Gasteiger charge is -2.23. The van der Waals surface area contributed by atoms with E-state index in [0.717, 1.165) is 28.4 Å². The summed E-state index contributed by atoms with van der Waals surface area (Å²) < 4.78 is 16.7. The number of aryl methyl sites for hydroxylation is 1. The van der Waals surface area contributed by atoms with Gasteiger partial charge in [0, 0.05) is 28.5 Å². The highest BCUT2D eigenvalue weighted by Gasteiger charge is 2.22. The summed E-state index contributed by atoms with van der Waals surface area (Å²) in [5, 5.41) is 13.4. The molecule has 1 amide bonds. The van der Waals surface area contributed by atoms with Crippen molar-refractivity contribution in [2.45, 2.75) is 32.5 Å². The van der Waals surface area contributed by atoms with Gasteiger partial charge in [-0.1, -0.05) is 6.07 Å². The number of thiophene rings is 1. The van der Waals surface area contributed by atoms with Crippen LogP contribution in [-0.2, 0) is 6.54 Å². The van der Waals surface area contributed by atoms with Crippen LogP contribution < -0.4 is 22.1 Å². The smallest absolute Gasteiger partial charge is 0.252 e. The Morgan fingerprint density at radius 2 is 2.09 bits per heavy atom. The summed E-state index contributed by atoms with van der Waals surface area (Å²) in [5.41, 5.74) is 13.2. The normalized spacial score (nSPS) is 13.1. The number of benzene rings is 1. The topological polar surface area (TPSA) is 124 Å². The fraction of sp³-hybridized carbons (Fsp3) is 0.227. The van der Waals surface area contributed by atoms with E-state index in [-0.39, 0.29) is 29.3 Å². The van der Waals surface area contributed by atoms with Crippen molar-refractivity contribution in [3.8, 4) is 0 Å². The molecule has 0 aliphatic carbocycles. The molecule has 8 nitrogen and oxygen atoms in total. The standard InChI is InChI=1S/C22H24FN7OS/c1-3-30-17-7-6-14(9-13(17)11-26-30)27-21-15(20(25)31)10-16(23)22(29-21)28-19(12(2)24)18-5-4-8-32-18/h4-12,19H,3,24H2,1-2H3,(H2,25,31)(H2,27,28,29)/t12-,19-/m0/s1. The molecule has 32 heavy (non-hydrogen) atoms. The van der Waals surface area contributed by atoms with Gasteiger partial charge in [-0.3, -0.25) is 9.48 Å². The van der Waals surface area contributed by atoms with Crippen LogP contribution in [0.15, 0.2) is 48.0 Å². The molecule has 2 atom stereocenters. The minimum atomic E-state index is -0.785. The molecule has 3 aromatic heterocycles. The molecule has 0 bridgehead atoms. The van der Waals surface area contributed by atoms with Gasteiger partial charge in [0.05, 0.1) is 23.3 Å². The summed E-state index contributed by atoms with van der Waals surface area (Å²) in [6, 6.07) is 9.90. The van der Waals surface area contributed by atoms with Crippen LogP contribution in [0.25, 0.3) is 10.9 Å². The largest absolute Gasteiger partial charge is 0.365 e. The molecule has 3 heterocycles. The Bertz CT molecular complexity index is 1250. The van der Waals surface area contributed by atoms with Crippen molar-refractivity contribution in [1.82, 2.24) is 14.8 Å². The highest BCUT2D eigenvalue weighted by Crippen LogP contribution is 2.30. The molecule has 166 valence electrons. The number of nitrogens with one attached hydrogen (secondary N) is 2. The lowest BCUT2D eigenvalue weighted by molar-refractivity contribution is 0.100. The number of aromatic nitrogens is 3. The Hall–Kier alpha value is -3.50. The molecule has 6 N–H and O–H groups in total. The number of nitrogens with two attached hydrogens (primary N) is 2. The van der Waals surface area contributed by atoms with Gasteiger partial charge in [0.15, 0.2) is 11.6 Å². The molecule has 0 radical (unpaired) electrons. The second-order valence-electron chi connectivity index (χ2n) is 7.43. The van der Waals surface area contributed by atoms with Gasteiger partial charge in [-0.25, -0.2) is 9.37 Å². The molecular formula is C22H24FN7OS. The van der Waals surface area contributed by atoms with Crippen LogP contribution in [0.3, 0.4) is 0 Å². The zero-order valence-corrected chi connectivity index (χ0v) is 18.5. The van der Waals surface area contributed by atoms with Gasteiger partial charge in [0.2, 0.25) is 0 Å². The number of fused-ring (bicyclic) bond motifs is 1. The lowest BCUT2D eigenvalue weighted by atomic mass is 10.1. The monoisotopic (exact) mass is 453 g/mol. The average Bonchev–Trinajstić information content (AvgIpc) is 3.42. The van der Waals surface area contributed by atoms with Gasteiger partial charge < -0.3 is 22.1 Å². The lowest BCUT2D eigenvalue weighted by Crippen LogP contribution is -2.30. The SMILES string of the molecule is CCn1ncc2cc(Nc3nc(N[C@H](c4cccs4)[C@H](C)N)c(F)cc3C(N)=O)ccc21. The predicted octanol–water partition coefficient (Wildman–Crippen LogP) is 3.99. The molecule has 0 unspecified atom stereocenters. The summed E-state index contributed by atoms with van der Waals surface area (Å²) in [5.74, 6) is -1.34. The first-order chi connectivity index (χ1) is 15.4. The summed E-state index contributed by atoms with van der Waals surface area (Å²) in [6.07, 6.45) is 1.76. The number of pyridine rings is 1. The average molecular weight is 454 g/mol. The minimum absolute atomic E-state index is 0.0203. The van der Waals surface area contributed by atoms with Crippen molar-refractivity contribution in [3.05, 3.63) is 64.2 Å². The first-order valence-electron chi connectivity index (χ1n) is 10.2. The van der Waals surface area contributed by atoms with E-state index in [1.807, 2.05) is 54.2 Å². The molecule has 0 spiro atoms. The second-order valence-corrected chi connectivity index (χ2v) is 8.41. The zero-order chi connectivity index (χ0) is 22.8. The van der Waals surface area contributed by atoms with Crippen molar-refractivity contribution in [1.29, 1.82) is 0 Å². The Morgan fingerprint density at radius 1 is 1.28 bits per heavy atom. The third-order valence-corrected chi connectivity index (χ3v) is 6.07. The van der Waals surface area contributed by atoms with E-state index >= 15 is 0 Å². The number of primary amides is 1. The Balaban J connectivity index is 1.70. The highest BCUT2D eigenvalue weighted by atomic mass is 32.1. The number of halogens is 1. The van der Waals surface area contributed by atoms with Gasteiger partial charge in [-0.2, -0.15) is 5.10 Å². The number of hydrogen-bond donors (Lipinski definition) is 4. The van der Waals surface area contributed by atoms with E-state index in [1.54, 1.807) is 6.20 Å². The molecule has 0 fully saturated rings. The van der Waals surface area contributed by atoms with Crippen molar-refractivity contribution < 1.29 is 9.18 Å². The van der Waals surface area contributed by atoms with Gasteiger partial charge in [0.1, 0.15) is 5.82 Å². The van der Waals surface area contributed by atoms with Crippen LogP contribution >= 0.6 is 11.3 Å². The number of amides is 1. The minimum Gasteiger partial charge on any atom is -0.365 e. The Morgan fingerprint density at radius 3 is 2.75 bits per heavy atom. The summed E-state index contributed by atoms with van der Waals surface area (Å²) >= 11 is 1.51. The van der Waals surface area contributed by atoms with E-state index in [1.165, 1.54) is 11.3 Å². The molecule has 0 aliphatic rings. The van der Waals surface area contributed by atoms with E-state index in [0.29, 0.717) is 5.69 Å². The van der Waals surface area contributed by atoms with E-state index in [2.05, 4.69) is 20.7 Å². The van der Waals surface area contributed by atoms with Gasteiger partial charge in [-0.05, 0) is 49.6 Å². The number of hydrogen-bond acceptors (Lipinski definition) is 7. The van der Waals surface area contributed by atoms with Crippen LogP contribution in [0.1, 0.15) is 35.1 Å². The van der Waals surface area contributed by atoms with Crippen LogP contribution in [-0.4, -0.2) is 26.7 Å². The van der Waals surface area contributed by atoms with Crippen LogP contribution in [0.2, 0.25) is 0 Å². The quantitative estimate of drug-likeness (QED) is 0.320. The molecule has 0 saturated carbocycles. The fourth-order valence-corrected chi connectivity index (χ4v) is 4.40. The van der Waals surface area contributed by atoms with Crippen molar-refractivity contribution in [2.75, 3.05) is 10.6 Å². The number of anilines is 3. The second kappa shape index (κ2) is 8.93. The number of rotatable bonds is 8. The summed E-state index contributed by atoms with van der Waals surface area (Å²) in [6.45, 7) is 4.60. The summed E-state index contributed by atoms with van der Waals surface area (Å²) in [4.78, 5) is 17.3. The molecule has 4 aromatic rings. The third-order valence-electron chi connectivity index (χ3n) is 5.11. The van der Waals surface area contributed by atoms with E-state index in [4.69, 9.17) is 11.5 Å². The van der Waals surface area contributed by atoms with Crippen molar-refractivity contribution in [2.24, 2.45) is 11.5 Å². The predicted molar refractivity (Wildman–Crippen MR) is 126 cm³/mol. The molecule has 0 aliphatic heterocycles. The third kappa shape index (κ3) is 4.27. The van der Waals surface area contributed by atoms with Crippen LogP contribution in [0, 0.1) is 5.82 Å². The van der Waals surface area contributed by atoms with Crippen molar-refractivity contribution >= 4 is 45.5 Å². The van der Waals surface area contributed by atoms with E-state index in [9.17, 15) is 9.18 Å².